The van der Waals surface area contributed by atoms with E-state index >= 15 is 0 Å². The van der Waals surface area contributed by atoms with Crippen LogP contribution < -0.4 is 0 Å². The summed E-state index contributed by atoms with van der Waals surface area (Å²) >= 11 is 0. The second-order valence-electron chi connectivity index (χ2n) is 20.7. The zero-order chi connectivity index (χ0) is 59.8. The van der Waals surface area contributed by atoms with E-state index in [4.69, 9.17) is 22.3 Å². The zero-order valence-electron chi connectivity index (χ0n) is 54.2. The molecule has 8 aromatic rings. The molecule has 69 heavy (non-hydrogen) atoms. The van der Waals surface area contributed by atoms with Gasteiger partial charge in [0.05, 0.1) is 28.0 Å². The van der Waals surface area contributed by atoms with Crippen LogP contribution in [-0.2, 0) is 21.7 Å². The van der Waals surface area contributed by atoms with Crippen LogP contribution in [0, 0.1) is 20.7 Å². The number of hydrogen-bond donors (Lipinski definition) is 1. The average molecular weight is 926 g/mol. The molecule has 0 aliphatic heterocycles. The van der Waals surface area contributed by atoms with Crippen molar-refractivity contribution in [2.45, 2.75) is 151 Å². The van der Waals surface area contributed by atoms with Gasteiger partial charge < -0.3 is 5.11 Å². The number of pyridine rings is 1. The first kappa shape index (κ1) is 35.8. The van der Waals surface area contributed by atoms with Crippen molar-refractivity contribution in [1.29, 1.82) is 0 Å². The topological polar surface area (TPSA) is 50.9 Å². The third-order valence-electron chi connectivity index (χ3n) is 15.2. The second kappa shape index (κ2) is 18.6. The summed E-state index contributed by atoms with van der Waals surface area (Å²) in [6.07, 6.45) is 5.24. The van der Waals surface area contributed by atoms with Crippen molar-refractivity contribution >= 4 is 11.0 Å². The van der Waals surface area contributed by atoms with Crippen molar-refractivity contribution in [3.05, 3.63) is 166 Å². The molecule has 0 saturated heterocycles. The standard InChI is InChI=1S/C65H75N3O/c1-16-64(14,17-2)53-23-21-24-54(65(15,18-3)19-4)58(53)46-28-31-56(42(6)36-46)68-57-25-20-22-51(59(57)67-61(68)52-35-41(5)34-43(7)60(52)69)47-37-48(39-50(38-47)63(11,12)13)55-40-45(32-33-66-55)44-26-29-49(30-27-44)62(8,9)10/h20-40,69H,16-19H2,1-15H3/i6D3,8D3,9D3,10D3. The van der Waals surface area contributed by atoms with Crippen molar-refractivity contribution in [3.8, 4) is 67.5 Å². The van der Waals surface area contributed by atoms with Gasteiger partial charge in [-0.2, -0.15) is 0 Å². The number of fused-ring (bicyclic) bond motifs is 1. The Labute approximate surface area is 430 Å². The van der Waals surface area contributed by atoms with E-state index in [2.05, 4.69) is 98.7 Å². The van der Waals surface area contributed by atoms with E-state index in [1.54, 1.807) is 12.3 Å². The van der Waals surface area contributed by atoms with Crippen LogP contribution in [-0.4, -0.2) is 19.6 Å². The third kappa shape index (κ3) is 9.20. The highest BCUT2D eigenvalue weighted by Gasteiger charge is 2.33. The molecule has 0 bridgehead atoms. The number of hydrogen-bond acceptors (Lipinski definition) is 3. The molecule has 356 valence electrons. The minimum absolute atomic E-state index is 0.0323. The van der Waals surface area contributed by atoms with Gasteiger partial charge in [-0.05, 0) is 183 Å². The van der Waals surface area contributed by atoms with Gasteiger partial charge in [0.2, 0.25) is 0 Å². The molecule has 0 saturated carbocycles. The summed E-state index contributed by atoms with van der Waals surface area (Å²) in [7, 11) is 0. The minimum atomic E-state index is -3.39. The van der Waals surface area contributed by atoms with Gasteiger partial charge in [-0.25, -0.2) is 4.98 Å². The number of aryl methyl sites for hydroxylation is 3. The van der Waals surface area contributed by atoms with Gasteiger partial charge in [-0.1, -0.05) is 156 Å². The number of para-hydroxylation sites is 1. The number of phenols is 1. The summed E-state index contributed by atoms with van der Waals surface area (Å²) in [6, 6.07) is 37.6. The highest BCUT2D eigenvalue weighted by atomic mass is 16.3. The molecular formula is C65H75N3O. The van der Waals surface area contributed by atoms with Crippen LogP contribution in [0.25, 0.3) is 72.7 Å². The molecule has 0 unspecified atom stereocenters. The predicted molar refractivity (Wildman–Crippen MR) is 295 cm³/mol. The summed E-state index contributed by atoms with van der Waals surface area (Å²) in [6.45, 7) is 10.8. The molecule has 2 aromatic heterocycles. The number of phenolic OH excluding ortho intramolecular Hbond substituents is 1. The van der Waals surface area contributed by atoms with E-state index in [-0.39, 0.29) is 33.1 Å². The molecule has 0 amide bonds. The lowest BCUT2D eigenvalue weighted by Gasteiger charge is -2.36. The fraction of sp³-hybridized carbons (Fsp3) is 0.354. The number of aromatic hydroxyl groups is 1. The fourth-order valence-corrected chi connectivity index (χ4v) is 9.95. The highest BCUT2D eigenvalue weighted by Crippen LogP contribution is 2.47. The Balaban J connectivity index is 1.37. The number of rotatable bonds is 12. The van der Waals surface area contributed by atoms with E-state index in [1.165, 1.54) is 35.4 Å². The number of imidazole rings is 1. The van der Waals surface area contributed by atoms with Crippen LogP contribution >= 0.6 is 0 Å². The lowest BCUT2D eigenvalue weighted by Crippen LogP contribution is -2.25. The Bertz CT molecular complexity index is 3570. The molecular weight excluding hydrogens is 839 g/mol. The van der Waals surface area contributed by atoms with Crippen LogP contribution in [0.4, 0.5) is 0 Å². The number of nitrogens with zero attached hydrogens (tertiary/aromatic N) is 3. The van der Waals surface area contributed by atoms with Crippen molar-refractivity contribution < 1.29 is 21.6 Å². The highest BCUT2D eigenvalue weighted by molar-refractivity contribution is 5.97. The van der Waals surface area contributed by atoms with Crippen LogP contribution in [0.15, 0.2) is 128 Å². The van der Waals surface area contributed by atoms with Crippen molar-refractivity contribution in [2.24, 2.45) is 0 Å². The van der Waals surface area contributed by atoms with Crippen LogP contribution in [0.5, 0.6) is 5.75 Å². The summed E-state index contributed by atoms with van der Waals surface area (Å²) in [5.41, 5.74) is 8.96. The maximum absolute atomic E-state index is 12.0. The Hall–Kier alpha value is -6.26. The largest absolute Gasteiger partial charge is 0.507 e. The average Bonchev–Trinajstić information content (AvgIpc) is 4.00. The van der Waals surface area contributed by atoms with Gasteiger partial charge in [0.1, 0.15) is 11.6 Å². The molecule has 0 aliphatic carbocycles. The molecule has 4 heteroatoms. The molecule has 2 heterocycles. The van der Waals surface area contributed by atoms with Gasteiger partial charge in [0.15, 0.2) is 0 Å². The first-order chi connectivity index (χ1) is 37.6. The van der Waals surface area contributed by atoms with Crippen molar-refractivity contribution in [2.75, 3.05) is 0 Å². The normalized spacial score (nSPS) is 15.9. The molecule has 0 atom stereocenters. The van der Waals surface area contributed by atoms with Crippen LogP contribution in [0.3, 0.4) is 0 Å². The molecule has 4 nitrogen and oxygen atoms in total. The maximum atomic E-state index is 12.0. The first-order valence-electron chi connectivity index (χ1n) is 30.4. The van der Waals surface area contributed by atoms with E-state index in [1.807, 2.05) is 73.0 Å². The SMILES string of the molecule is [2H]C([2H])([2H])c1cc(-c2c(C(C)(CC)CC)cccc2C(C)(CC)CC)ccc1-n1c(-c2cc(C)cc(C)c2O)nc2c(-c3cc(-c4cc(-c5ccc(C(C([2H])([2H])[2H])(C([2H])([2H])[2H])C([2H])([2H])[2H])cc5)ccn4)cc(C(C)(C)C)c3)cccc21. The Morgan fingerprint density at radius 3 is 1.83 bits per heavy atom. The van der Waals surface area contributed by atoms with E-state index in [0.717, 1.165) is 64.6 Å². The summed E-state index contributed by atoms with van der Waals surface area (Å²) in [5, 5.41) is 12.0. The summed E-state index contributed by atoms with van der Waals surface area (Å²) in [4.78, 5) is 10.3. The fourth-order valence-electron chi connectivity index (χ4n) is 9.95. The van der Waals surface area contributed by atoms with Crippen LogP contribution in [0.2, 0.25) is 0 Å². The lowest BCUT2D eigenvalue weighted by molar-refractivity contribution is 0.426. The van der Waals surface area contributed by atoms with Gasteiger partial charge in [0, 0.05) is 33.8 Å². The monoisotopic (exact) mass is 926 g/mol. The second-order valence-corrected chi connectivity index (χ2v) is 20.7. The molecule has 0 spiro atoms. The predicted octanol–water partition coefficient (Wildman–Crippen LogP) is 18.1. The van der Waals surface area contributed by atoms with Crippen molar-refractivity contribution in [1.82, 2.24) is 14.5 Å². The molecule has 8 rings (SSSR count). The van der Waals surface area contributed by atoms with Gasteiger partial charge in [0.25, 0.3) is 0 Å². The molecule has 0 fully saturated rings. The van der Waals surface area contributed by atoms with E-state index in [0.29, 0.717) is 50.5 Å². The number of aromatic nitrogens is 3. The van der Waals surface area contributed by atoms with E-state index < -0.39 is 32.8 Å². The van der Waals surface area contributed by atoms with Gasteiger partial charge in [-0.3, -0.25) is 9.55 Å². The molecule has 0 aliphatic rings. The number of benzene rings is 6. The molecule has 6 aromatic carbocycles. The third-order valence-corrected chi connectivity index (χ3v) is 15.2. The summed E-state index contributed by atoms with van der Waals surface area (Å²) < 4.78 is 104. The Kier molecular flexibility index (Phi) is 9.64. The minimum Gasteiger partial charge on any atom is -0.507 e. The molecule has 0 radical (unpaired) electrons. The van der Waals surface area contributed by atoms with Crippen LogP contribution in [0.1, 0.15) is 164 Å². The zero-order valence-corrected chi connectivity index (χ0v) is 42.2. The lowest BCUT2D eigenvalue weighted by atomic mass is 9.68. The first-order valence-corrected chi connectivity index (χ1v) is 24.4. The molecule has 1 N–H and O–H groups in total. The smallest absolute Gasteiger partial charge is 0.149 e. The summed E-state index contributed by atoms with van der Waals surface area (Å²) in [5.74, 6) is 0.404. The van der Waals surface area contributed by atoms with E-state index in [9.17, 15) is 9.22 Å². The Morgan fingerprint density at radius 2 is 1.20 bits per heavy atom. The van der Waals surface area contributed by atoms with Crippen molar-refractivity contribution in [3.63, 3.8) is 0 Å². The van der Waals surface area contributed by atoms with Gasteiger partial charge >= 0.3 is 0 Å². The Morgan fingerprint density at radius 1 is 0.565 bits per heavy atom. The van der Waals surface area contributed by atoms with Gasteiger partial charge in [-0.15, -0.1) is 0 Å². The quantitative estimate of drug-likeness (QED) is 0.133. The maximum Gasteiger partial charge on any atom is 0.149 e.